The Morgan fingerprint density at radius 1 is 1.39 bits per heavy atom. The molecule has 1 atom stereocenters. The predicted molar refractivity (Wildman–Crippen MR) is 74.7 cm³/mol. The first-order chi connectivity index (χ1) is 8.65. The standard InChI is InChI=1S/C15H21N3/c1-5-12-7-6-8-13(9-12)15(16-3)14-10-18(4)17-11(14)2/h6-10,15-16H,5H2,1-4H3. The minimum Gasteiger partial charge on any atom is -0.309 e. The molecule has 3 nitrogen and oxygen atoms in total. The first kappa shape index (κ1) is 12.8. The number of nitrogens with one attached hydrogen (secondary N) is 1. The summed E-state index contributed by atoms with van der Waals surface area (Å²) in [6.45, 7) is 4.24. The largest absolute Gasteiger partial charge is 0.309 e. The summed E-state index contributed by atoms with van der Waals surface area (Å²) in [7, 11) is 3.96. The van der Waals surface area contributed by atoms with Crippen LogP contribution in [-0.4, -0.2) is 16.8 Å². The van der Waals surface area contributed by atoms with E-state index >= 15 is 0 Å². The van der Waals surface area contributed by atoms with Gasteiger partial charge in [0.05, 0.1) is 11.7 Å². The van der Waals surface area contributed by atoms with Gasteiger partial charge in [0.25, 0.3) is 0 Å². The van der Waals surface area contributed by atoms with Gasteiger partial charge < -0.3 is 5.32 Å². The first-order valence-corrected chi connectivity index (χ1v) is 6.42. The summed E-state index contributed by atoms with van der Waals surface area (Å²) in [5.74, 6) is 0. The molecule has 18 heavy (non-hydrogen) atoms. The zero-order valence-electron chi connectivity index (χ0n) is 11.6. The second kappa shape index (κ2) is 5.36. The number of hydrogen-bond donors (Lipinski definition) is 1. The summed E-state index contributed by atoms with van der Waals surface area (Å²) in [5, 5.41) is 7.81. The van der Waals surface area contributed by atoms with Crippen molar-refractivity contribution >= 4 is 0 Å². The summed E-state index contributed by atoms with van der Waals surface area (Å²) in [6.07, 6.45) is 3.16. The third-order valence-electron chi connectivity index (χ3n) is 3.34. The van der Waals surface area contributed by atoms with Crippen LogP contribution in [0, 0.1) is 6.92 Å². The molecule has 0 spiro atoms. The number of nitrogens with zero attached hydrogens (tertiary/aromatic N) is 2. The van der Waals surface area contributed by atoms with Crippen molar-refractivity contribution in [3.8, 4) is 0 Å². The van der Waals surface area contributed by atoms with Gasteiger partial charge in [0.2, 0.25) is 0 Å². The van der Waals surface area contributed by atoms with E-state index in [2.05, 4.69) is 54.7 Å². The highest BCUT2D eigenvalue weighted by molar-refractivity contribution is 5.35. The predicted octanol–water partition coefficient (Wildman–Crippen LogP) is 2.60. The molecule has 1 aromatic carbocycles. The molecule has 0 radical (unpaired) electrons. The van der Waals surface area contributed by atoms with E-state index in [-0.39, 0.29) is 6.04 Å². The van der Waals surface area contributed by atoms with Crippen molar-refractivity contribution in [2.24, 2.45) is 7.05 Å². The van der Waals surface area contributed by atoms with E-state index < -0.39 is 0 Å². The van der Waals surface area contributed by atoms with E-state index in [1.807, 2.05) is 18.8 Å². The molecular formula is C15H21N3. The van der Waals surface area contributed by atoms with Crippen LogP contribution in [0.5, 0.6) is 0 Å². The van der Waals surface area contributed by atoms with E-state index in [1.165, 1.54) is 16.7 Å². The van der Waals surface area contributed by atoms with Crippen LogP contribution in [0.1, 0.15) is 35.3 Å². The zero-order chi connectivity index (χ0) is 13.1. The summed E-state index contributed by atoms with van der Waals surface area (Å²) >= 11 is 0. The molecule has 1 heterocycles. The lowest BCUT2D eigenvalue weighted by atomic mass is 9.97. The lowest BCUT2D eigenvalue weighted by Crippen LogP contribution is -2.18. The van der Waals surface area contributed by atoms with Crippen LogP contribution in [0.15, 0.2) is 30.5 Å². The maximum absolute atomic E-state index is 4.42. The molecular weight excluding hydrogens is 222 g/mol. The molecule has 0 aliphatic heterocycles. The Kier molecular flexibility index (Phi) is 3.82. The van der Waals surface area contributed by atoms with Crippen molar-refractivity contribution in [3.05, 3.63) is 52.8 Å². The number of rotatable bonds is 4. The van der Waals surface area contributed by atoms with Crippen LogP contribution in [0.2, 0.25) is 0 Å². The molecule has 0 saturated heterocycles. The fraction of sp³-hybridized carbons (Fsp3) is 0.400. The van der Waals surface area contributed by atoms with Gasteiger partial charge in [0.15, 0.2) is 0 Å². The number of benzene rings is 1. The highest BCUT2D eigenvalue weighted by Crippen LogP contribution is 2.24. The van der Waals surface area contributed by atoms with Crippen molar-refractivity contribution in [1.29, 1.82) is 0 Å². The van der Waals surface area contributed by atoms with Crippen molar-refractivity contribution in [2.45, 2.75) is 26.3 Å². The van der Waals surface area contributed by atoms with Gasteiger partial charge in [-0.25, -0.2) is 0 Å². The minimum absolute atomic E-state index is 0.213. The van der Waals surface area contributed by atoms with Crippen LogP contribution in [0.3, 0.4) is 0 Å². The lowest BCUT2D eigenvalue weighted by Gasteiger charge is -2.17. The molecule has 0 fully saturated rings. The molecule has 0 amide bonds. The lowest BCUT2D eigenvalue weighted by molar-refractivity contribution is 0.685. The van der Waals surface area contributed by atoms with Crippen molar-refractivity contribution in [3.63, 3.8) is 0 Å². The van der Waals surface area contributed by atoms with Crippen LogP contribution in [0.4, 0.5) is 0 Å². The molecule has 1 unspecified atom stereocenters. The van der Waals surface area contributed by atoms with Crippen LogP contribution < -0.4 is 5.32 Å². The number of aryl methyl sites for hydroxylation is 3. The normalized spacial score (nSPS) is 12.7. The summed E-state index contributed by atoms with van der Waals surface area (Å²) in [5.41, 5.74) is 4.99. The van der Waals surface area contributed by atoms with Gasteiger partial charge in [-0.15, -0.1) is 0 Å². The Morgan fingerprint density at radius 3 is 2.72 bits per heavy atom. The van der Waals surface area contributed by atoms with Crippen LogP contribution in [0.25, 0.3) is 0 Å². The summed E-state index contributed by atoms with van der Waals surface area (Å²) in [6, 6.07) is 8.96. The average Bonchev–Trinajstić information content (AvgIpc) is 2.70. The Morgan fingerprint density at radius 2 is 2.17 bits per heavy atom. The highest BCUT2D eigenvalue weighted by Gasteiger charge is 2.16. The van der Waals surface area contributed by atoms with E-state index in [4.69, 9.17) is 0 Å². The van der Waals surface area contributed by atoms with Crippen molar-refractivity contribution in [1.82, 2.24) is 15.1 Å². The first-order valence-electron chi connectivity index (χ1n) is 6.42. The van der Waals surface area contributed by atoms with E-state index in [1.54, 1.807) is 0 Å². The Labute approximate surface area is 109 Å². The maximum atomic E-state index is 4.42. The number of aromatic nitrogens is 2. The maximum Gasteiger partial charge on any atom is 0.0644 e. The highest BCUT2D eigenvalue weighted by atomic mass is 15.3. The Balaban J connectivity index is 2.41. The van der Waals surface area contributed by atoms with Gasteiger partial charge in [-0.1, -0.05) is 31.2 Å². The molecule has 1 aromatic heterocycles. The molecule has 0 bridgehead atoms. The minimum atomic E-state index is 0.213. The van der Waals surface area contributed by atoms with Crippen LogP contribution in [-0.2, 0) is 13.5 Å². The van der Waals surface area contributed by atoms with Crippen LogP contribution >= 0.6 is 0 Å². The SMILES string of the molecule is CCc1cccc(C(NC)c2cn(C)nc2C)c1. The molecule has 2 rings (SSSR count). The Hall–Kier alpha value is -1.61. The fourth-order valence-corrected chi connectivity index (χ4v) is 2.40. The molecule has 0 saturated carbocycles. The Bertz CT molecular complexity index is 528. The average molecular weight is 243 g/mol. The molecule has 3 heteroatoms. The topological polar surface area (TPSA) is 29.9 Å². The quantitative estimate of drug-likeness (QED) is 0.894. The fourth-order valence-electron chi connectivity index (χ4n) is 2.40. The second-order valence-electron chi connectivity index (χ2n) is 4.66. The third kappa shape index (κ3) is 2.46. The third-order valence-corrected chi connectivity index (χ3v) is 3.34. The molecule has 96 valence electrons. The van der Waals surface area contributed by atoms with E-state index in [9.17, 15) is 0 Å². The van der Waals surface area contributed by atoms with Gasteiger partial charge in [-0.2, -0.15) is 5.10 Å². The van der Waals surface area contributed by atoms with Gasteiger partial charge >= 0.3 is 0 Å². The van der Waals surface area contributed by atoms with E-state index in [0.29, 0.717) is 0 Å². The molecule has 1 N–H and O–H groups in total. The molecule has 2 aromatic rings. The summed E-state index contributed by atoms with van der Waals surface area (Å²) in [4.78, 5) is 0. The molecule has 0 aliphatic carbocycles. The van der Waals surface area contributed by atoms with E-state index in [0.717, 1.165) is 12.1 Å². The van der Waals surface area contributed by atoms with Gasteiger partial charge in [-0.05, 0) is 31.5 Å². The zero-order valence-corrected chi connectivity index (χ0v) is 11.6. The van der Waals surface area contributed by atoms with Crippen molar-refractivity contribution < 1.29 is 0 Å². The molecule has 0 aliphatic rings. The van der Waals surface area contributed by atoms with Gasteiger partial charge in [0.1, 0.15) is 0 Å². The van der Waals surface area contributed by atoms with Gasteiger partial charge in [0, 0.05) is 18.8 Å². The summed E-state index contributed by atoms with van der Waals surface area (Å²) < 4.78 is 1.87. The smallest absolute Gasteiger partial charge is 0.0644 e. The van der Waals surface area contributed by atoms with Crippen molar-refractivity contribution in [2.75, 3.05) is 7.05 Å². The monoisotopic (exact) mass is 243 g/mol. The second-order valence-corrected chi connectivity index (χ2v) is 4.66. The van der Waals surface area contributed by atoms with Gasteiger partial charge in [-0.3, -0.25) is 4.68 Å². The number of hydrogen-bond acceptors (Lipinski definition) is 2.